The summed E-state index contributed by atoms with van der Waals surface area (Å²) < 4.78 is 6.50. The van der Waals surface area contributed by atoms with Gasteiger partial charge in [-0.2, -0.15) is 0 Å². The van der Waals surface area contributed by atoms with Crippen LogP contribution in [0.25, 0.3) is 0 Å². The van der Waals surface area contributed by atoms with E-state index < -0.39 is 0 Å². The molecular weight excluding hydrogens is 236 g/mol. The lowest BCUT2D eigenvalue weighted by Crippen LogP contribution is -2.45. The number of fused-ring (bicyclic) bond motifs is 2. The van der Waals surface area contributed by atoms with Gasteiger partial charge in [-0.3, -0.25) is 0 Å². The summed E-state index contributed by atoms with van der Waals surface area (Å²) in [5, 5.41) is 0. The minimum absolute atomic E-state index is 0.176. The zero-order valence-electron chi connectivity index (χ0n) is 12.5. The molecular formula is C17H26O2. The molecule has 106 valence electrons. The Morgan fingerprint density at radius 1 is 1.16 bits per heavy atom. The highest BCUT2D eigenvalue weighted by molar-refractivity contribution is 5.57. The van der Waals surface area contributed by atoms with Gasteiger partial charge in [0.25, 0.3) is 0 Å². The van der Waals surface area contributed by atoms with Crippen molar-refractivity contribution >= 4 is 5.94 Å². The highest BCUT2D eigenvalue weighted by Gasteiger charge is 2.63. The van der Waals surface area contributed by atoms with Gasteiger partial charge in [0.2, 0.25) is 0 Å². The van der Waals surface area contributed by atoms with Gasteiger partial charge in [-0.05, 0) is 36.5 Å². The van der Waals surface area contributed by atoms with E-state index in [9.17, 15) is 4.79 Å². The van der Waals surface area contributed by atoms with Crippen molar-refractivity contribution in [2.45, 2.75) is 77.9 Å². The molecule has 0 aromatic carbocycles. The topological polar surface area (TPSA) is 26.3 Å². The molecule has 3 fully saturated rings. The molecule has 0 spiro atoms. The molecule has 3 aliphatic rings. The number of hydrogen-bond acceptors (Lipinski definition) is 2. The maximum absolute atomic E-state index is 11.2. The highest BCUT2D eigenvalue weighted by Crippen LogP contribution is 2.66. The first-order valence-corrected chi connectivity index (χ1v) is 7.87. The second kappa shape index (κ2) is 4.46. The van der Waals surface area contributed by atoms with Crippen LogP contribution < -0.4 is 0 Å². The molecule has 0 amide bonds. The lowest BCUT2D eigenvalue weighted by atomic mass is 9.64. The lowest BCUT2D eigenvalue weighted by molar-refractivity contribution is -0.111. The molecule has 0 saturated heterocycles. The Hall–Kier alpha value is -0.590. The minimum Gasteiger partial charge on any atom is -0.374 e. The molecule has 3 unspecified atom stereocenters. The first-order chi connectivity index (χ1) is 8.98. The van der Waals surface area contributed by atoms with Crippen LogP contribution >= 0.6 is 0 Å². The molecule has 0 radical (unpaired) electrons. The molecule has 19 heavy (non-hydrogen) atoms. The summed E-state index contributed by atoms with van der Waals surface area (Å²) in [7, 11) is 0. The molecule has 0 aromatic rings. The smallest absolute Gasteiger partial charge is 0.123 e. The fourth-order valence-corrected chi connectivity index (χ4v) is 4.64. The van der Waals surface area contributed by atoms with Gasteiger partial charge in [0, 0.05) is 11.5 Å². The summed E-state index contributed by atoms with van der Waals surface area (Å²) in [5.41, 5.74) is 1.39. The van der Waals surface area contributed by atoms with Gasteiger partial charge >= 0.3 is 0 Å². The van der Waals surface area contributed by atoms with Crippen LogP contribution in [0.15, 0.2) is 5.57 Å². The number of hydrogen-bond donors (Lipinski definition) is 0. The Bertz CT molecular complexity index is 413. The van der Waals surface area contributed by atoms with E-state index in [1.807, 2.05) is 0 Å². The lowest BCUT2D eigenvalue weighted by Gasteiger charge is -2.45. The van der Waals surface area contributed by atoms with E-state index in [1.165, 1.54) is 32.1 Å². The highest BCUT2D eigenvalue weighted by atomic mass is 16.5. The van der Waals surface area contributed by atoms with E-state index in [0.717, 1.165) is 18.4 Å². The first-order valence-electron chi connectivity index (χ1n) is 7.87. The third-order valence-corrected chi connectivity index (χ3v) is 6.35. The molecule has 2 nitrogen and oxygen atoms in total. The number of rotatable bonds is 2. The molecule has 3 rings (SSSR count). The summed E-state index contributed by atoms with van der Waals surface area (Å²) in [4.78, 5) is 11.2. The predicted octanol–water partition coefficient (Wildman–Crippen LogP) is 3.92. The Morgan fingerprint density at radius 3 is 2.42 bits per heavy atom. The van der Waals surface area contributed by atoms with Crippen molar-refractivity contribution in [1.82, 2.24) is 0 Å². The van der Waals surface area contributed by atoms with Gasteiger partial charge in [-0.15, -0.1) is 0 Å². The number of ether oxygens (including phenoxy) is 1. The summed E-state index contributed by atoms with van der Waals surface area (Å²) in [6.07, 6.45) is 9.06. The third-order valence-electron chi connectivity index (χ3n) is 6.35. The van der Waals surface area contributed by atoms with Crippen molar-refractivity contribution in [1.29, 1.82) is 0 Å². The minimum atomic E-state index is 0.176. The van der Waals surface area contributed by atoms with Crippen LogP contribution in [-0.2, 0) is 9.53 Å². The van der Waals surface area contributed by atoms with Crippen molar-refractivity contribution in [2.24, 2.45) is 16.7 Å². The quantitative estimate of drug-likeness (QED) is 0.705. The molecule has 3 atom stereocenters. The molecule has 0 N–H and O–H groups in total. The Labute approximate surface area is 116 Å². The zero-order valence-corrected chi connectivity index (χ0v) is 12.5. The van der Waals surface area contributed by atoms with E-state index >= 15 is 0 Å². The van der Waals surface area contributed by atoms with Gasteiger partial charge in [0.05, 0.1) is 12.2 Å². The van der Waals surface area contributed by atoms with Crippen LogP contribution in [-0.4, -0.2) is 18.1 Å². The van der Waals surface area contributed by atoms with E-state index in [-0.39, 0.29) is 16.9 Å². The van der Waals surface area contributed by atoms with Crippen molar-refractivity contribution in [3.05, 3.63) is 5.57 Å². The average molecular weight is 262 g/mol. The standard InChI is InChI=1S/C17H26O2/c1-16(2)15(19-13-7-5-4-6-8-13)14-10-17(16,3)9-12(14)11-18/h13-15H,4-10H2,1-3H3. The molecule has 2 bridgehead atoms. The Morgan fingerprint density at radius 2 is 1.84 bits per heavy atom. The van der Waals surface area contributed by atoms with Gasteiger partial charge in [0.15, 0.2) is 0 Å². The molecule has 2 heteroatoms. The van der Waals surface area contributed by atoms with E-state index in [0.29, 0.717) is 12.0 Å². The second-order valence-electron chi connectivity index (χ2n) is 7.71. The van der Waals surface area contributed by atoms with Crippen molar-refractivity contribution < 1.29 is 9.53 Å². The van der Waals surface area contributed by atoms with Crippen LogP contribution in [0, 0.1) is 16.7 Å². The maximum atomic E-state index is 11.2. The van der Waals surface area contributed by atoms with Gasteiger partial charge in [-0.25, -0.2) is 4.79 Å². The molecule has 3 saturated carbocycles. The van der Waals surface area contributed by atoms with Crippen LogP contribution in [0.4, 0.5) is 0 Å². The fraction of sp³-hybridized carbons (Fsp3) is 0.882. The van der Waals surface area contributed by atoms with E-state index in [4.69, 9.17) is 4.74 Å². The van der Waals surface area contributed by atoms with Crippen molar-refractivity contribution in [2.75, 3.05) is 0 Å². The third kappa shape index (κ3) is 1.92. The molecule has 0 aromatic heterocycles. The Kier molecular flexibility index (Phi) is 3.15. The Balaban J connectivity index is 1.81. The predicted molar refractivity (Wildman–Crippen MR) is 75.6 cm³/mol. The number of carbonyl (C=O) groups excluding carboxylic acids is 1. The van der Waals surface area contributed by atoms with Crippen LogP contribution in [0.5, 0.6) is 0 Å². The first kappa shape index (κ1) is 13.4. The normalized spacial score (nSPS) is 41.5. The van der Waals surface area contributed by atoms with Crippen LogP contribution in [0.2, 0.25) is 0 Å². The average Bonchev–Trinajstić information content (AvgIpc) is 2.83. The van der Waals surface area contributed by atoms with Crippen LogP contribution in [0.3, 0.4) is 0 Å². The summed E-state index contributed by atoms with van der Waals surface area (Å²) in [6, 6.07) is 0. The van der Waals surface area contributed by atoms with E-state index in [2.05, 4.69) is 26.7 Å². The molecule has 0 aliphatic heterocycles. The van der Waals surface area contributed by atoms with Crippen molar-refractivity contribution in [3.63, 3.8) is 0 Å². The zero-order chi connectivity index (χ0) is 13.7. The monoisotopic (exact) mass is 262 g/mol. The fourth-order valence-electron chi connectivity index (χ4n) is 4.64. The summed E-state index contributed by atoms with van der Waals surface area (Å²) in [5.74, 6) is 2.55. The van der Waals surface area contributed by atoms with E-state index in [1.54, 1.807) is 0 Å². The van der Waals surface area contributed by atoms with Gasteiger partial charge in [0.1, 0.15) is 5.94 Å². The maximum Gasteiger partial charge on any atom is 0.123 e. The molecule has 0 heterocycles. The summed E-state index contributed by atoms with van der Waals surface area (Å²) >= 11 is 0. The van der Waals surface area contributed by atoms with Crippen LogP contribution in [0.1, 0.15) is 65.7 Å². The largest absolute Gasteiger partial charge is 0.374 e. The second-order valence-corrected chi connectivity index (χ2v) is 7.71. The van der Waals surface area contributed by atoms with Gasteiger partial charge in [-0.1, -0.05) is 40.0 Å². The SMILES string of the molecule is CC12CC(=C=O)C(C1)C(OC1CCCCC1)C2(C)C. The van der Waals surface area contributed by atoms with Crippen molar-refractivity contribution in [3.8, 4) is 0 Å². The molecule has 3 aliphatic carbocycles. The summed E-state index contributed by atoms with van der Waals surface area (Å²) in [6.45, 7) is 7.00. The van der Waals surface area contributed by atoms with Gasteiger partial charge < -0.3 is 4.74 Å².